The van der Waals surface area contributed by atoms with Crippen molar-refractivity contribution < 1.29 is 4.52 Å². The van der Waals surface area contributed by atoms with E-state index in [1.165, 1.54) is 6.20 Å². The van der Waals surface area contributed by atoms with Crippen LogP contribution in [0.5, 0.6) is 0 Å². The van der Waals surface area contributed by atoms with Crippen molar-refractivity contribution in [3.8, 4) is 11.5 Å². The average Bonchev–Trinajstić information content (AvgIpc) is 2.77. The lowest BCUT2D eigenvalue weighted by molar-refractivity contribution is 0.377. The molecule has 0 aliphatic carbocycles. The molecule has 0 aliphatic heterocycles. The van der Waals surface area contributed by atoms with E-state index in [9.17, 15) is 0 Å². The number of halogens is 3. The summed E-state index contributed by atoms with van der Waals surface area (Å²) in [5, 5.41) is 4.70. The summed E-state index contributed by atoms with van der Waals surface area (Å²) in [6.07, 6.45) is 2.34. The quantitative estimate of drug-likeness (QED) is 0.785. The molecule has 90 valence electrons. The molecule has 2 aromatic rings. The van der Waals surface area contributed by atoms with Crippen LogP contribution in [-0.4, -0.2) is 15.1 Å². The van der Waals surface area contributed by atoms with Crippen LogP contribution in [0.15, 0.2) is 16.8 Å². The summed E-state index contributed by atoms with van der Waals surface area (Å²) in [5.41, 5.74) is 0.460. The molecule has 7 heteroatoms. The molecule has 17 heavy (non-hydrogen) atoms. The van der Waals surface area contributed by atoms with Crippen molar-refractivity contribution in [2.75, 3.05) is 0 Å². The molecule has 0 saturated carbocycles. The summed E-state index contributed by atoms with van der Waals surface area (Å²) in [5.74, 6) is 0.870. The normalized spacial score (nSPS) is 12.7. The standard InChI is InChI=1S/C10H8BrCl2N3O/c1-2-6(11)10-15-9(16-17-10)8-7(13)3-5(12)4-14-8/h3-4,6H,2H2,1H3. The van der Waals surface area contributed by atoms with Crippen molar-refractivity contribution in [3.05, 3.63) is 28.2 Å². The summed E-state index contributed by atoms with van der Waals surface area (Å²) in [6, 6.07) is 1.59. The second kappa shape index (κ2) is 5.33. The Hall–Kier alpha value is -0.650. The van der Waals surface area contributed by atoms with Gasteiger partial charge in [0.25, 0.3) is 0 Å². The van der Waals surface area contributed by atoms with Crippen LogP contribution in [0.1, 0.15) is 24.1 Å². The molecule has 0 saturated heterocycles. The largest absolute Gasteiger partial charge is 0.338 e. The topological polar surface area (TPSA) is 51.8 Å². The molecule has 0 spiro atoms. The molecule has 0 radical (unpaired) electrons. The second-order valence-corrected chi connectivity index (χ2v) is 5.26. The molecular formula is C10H8BrCl2N3O. The lowest BCUT2D eigenvalue weighted by atomic mass is 10.3. The van der Waals surface area contributed by atoms with Crippen LogP contribution in [0.25, 0.3) is 11.5 Å². The van der Waals surface area contributed by atoms with Crippen LogP contribution in [0.4, 0.5) is 0 Å². The van der Waals surface area contributed by atoms with Crippen molar-refractivity contribution >= 4 is 39.1 Å². The maximum absolute atomic E-state index is 6.01. The number of nitrogens with zero attached hydrogens (tertiary/aromatic N) is 3. The highest BCUT2D eigenvalue weighted by molar-refractivity contribution is 9.09. The zero-order chi connectivity index (χ0) is 12.4. The summed E-state index contributed by atoms with van der Waals surface area (Å²) >= 11 is 15.2. The fourth-order valence-electron chi connectivity index (χ4n) is 1.21. The van der Waals surface area contributed by atoms with Crippen LogP contribution in [0, 0.1) is 0 Å². The first-order valence-corrected chi connectivity index (χ1v) is 6.58. The fraction of sp³-hybridized carbons (Fsp3) is 0.300. The highest BCUT2D eigenvalue weighted by Gasteiger charge is 2.17. The van der Waals surface area contributed by atoms with Crippen molar-refractivity contribution in [2.45, 2.75) is 18.2 Å². The highest BCUT2D eigenvalue weighted by atomic mass is 79.9. The van der Waals surface area contributed by atoms with Gasteiger partial charge in [0.15, 0.2) is 0 Å². The summed E-state index contributed by atoms with van der Waals surface area (Å²) < 4.78 is 5.12. The molecule has 0 aliphatic rings. The Morgan fingerprint density at radius 2 is 2.24 bits per heavy atom. The van der Waals surface area contributed by atoms with E-state index in [1.807, 2.05) is 6.92 Å². The van der Waals surface area contributed by atoms with Crippen LogP contribution in [-0.2, 0) is 0 Å². The average molecular weight is 337 g/mol. The highest BCUT2D eigenvalue weighted by Crippen LogP contribution is 2.29. The zero-order valence-electron chi connectivity index (χ0n) is 8.82. The van der Waals surface area contributed by atoms with Gasteiger partial charge in [-0.3, -0.25) is 0 Å². The van der Waals surface area contributed by atoms with Gasteiger partial charge in [-0.15, -0.1) is 0 Å². The number of rotatable bonds is 3. The van der Waals surface area contributed by atoms with Crippen molar-refractivity contribution in [2.24, 2.45) is 0 Å². The summed E-state index contributed by atoms with van der Waals surface area (Å²) in [7, 11) is 0. The third-order valence-electron chi connectivity index (χ3n) is 2.09. The smallest absolute Gasteiger partial charge is 0.240 e. The fourth-order valence-corrected chi connectivity index (χ4v) is 1.86. The Kier molecular flexibility index (Phi) is 4.01. The minimum absolute atomic E-state index is 0.0369. The lowest BCUT2D eigenvalue weighted by Gasteiger charge is -1.98. The first kappa shape index (κ1) is 12.8. The second-order valence-electron chi connectivity index (χ2n) is 3.32. The summed E-state index contributed by atoms with van der Waals surface area (Å²) in [4.78, 5) is 8.35. The van der Waals surface area contributed by atoms with Gasteiger partial charge in [-0.05, 0) is 12.5 Å². The zero-order valence-corrected chi connectivity index (χ0v) is 11.9. The van der Waals surface area contributed by atoms with Crippen molar-refractivity contribution in [3.63, 3.8) is 0 Å². The maximum Gasteiger partial charge on any atom is 0.240 e. The van der Waals surface area contributed by atoms with E-state index in [-0.39, 0.29) is 4.83 Å². The molecule has 2 rings (SSSR count). The SMILES string of the molecule is CCC(Br)c1nc(-c2ncc(Cl)cc2Cl)no1. The first-order chi connectivity index (χ1) is 8.11. The van der Waals surface area contributed by atoms with Gasteiger partial charge in [-0.1, -0.05) is 51.2 Å². The molecular weight excluding hydrogens is 329 g/mol. The number of hydrogen-bond acceptors (Lipinski definition) is 4. The number of hydrogen-bond donors (Lipinski definition) is 0. The minimum atomic E-state index is 0.0369. The Balaban J connectivity index is 2.37. The van der Waals surface area contributed by atoms with Crippen molar-refractivity contribution in [1.29, 1.82) is 0 Å². The van der Waals surface area contributed by atoms with Crippen molar-refractivity contribution in [1.82, 2.24) is 15.1 Å². The van der Waals surface area contributed by atoms with Crippen LogP contribution in [0.2, 0.25) is 10.0 Å². The van der Waals surface area contributed by atoms with Gasteiger partial charge in [0, 0.05) is 6.20 Å². The third-order valence-corrected chi connectivity index (χ3v) is 3.62. The number of pyridine rings is 1. The minimum Gasteiger partial charge on any atom is -0.338 e. The van der Waals surface area contributed by atoms with E-state index in [1.54, 1.807) is 6.07 Å². The predicted octanol–water partition coefficient (Wildman–Crippen LogP) is 4.28. The van der Waals surface area contributed by atoms with Crippen LogP contribution < -0.4 is 0 Å². The maximum atomic E-state index is 6.01. The lowest BCUT2D eigenvalue weighted by Crippen LogP contribution is -1.90. The van der Waals surface area contributed by atoms with E-state index in [0.29, 0.717) is 27.5 Å². The van der Waals surface area contributed by atoms with E-state index in [4.69, 9.17) is 27.7 Å². The first-order valence-electron chi connectivity index (χ1n) is 4.91. The van der Waals surface area contributed by atoms with Crippen LogP contribution >= 0.6 is 39.1 Å². The predicted molar refractivity (Wildman–Crippen MR) is 69.5 cm³/mol. The van der Waals surface area contributed by atoms with Gasteiger partial charge in [0.05, 0.1) is 14.9 Å². The molecule has 0 amide bonds. The monoisotopic (exact) mass is 335 g/mol. The van der Waals surface area contributed by atoms with E-state index in [2.05, 4.69) is 31.1 Å². The Morgan fingerprint density at radius 3 is 2.88 bits per heavy atom. The third kappa shape index (κ3) is 2.78. The van der Waals surface area contributed by atoms with E-state index in [0.717, 1.165) is 6.42 Å². The Labute approximate surface area is 116 Å². The number of alkyl halides is 1. The molecule has 0 aromatic carbocycles. The molecule has 2 aromatic heterocycles. The molecule has 0 fully saturated rings. The van der Waals surface area contributed by atoms with Gasteiger partial charge in [-0.25, -0.2) is 4.98 Å². The van der Waals surface area contributed by atoms with Gasteiger partial charge >= 0.3 is 0 Å². The molecule has 0 N–H and O–H groups in total. The van der Waals surface area contributed by atoms with Crippen LogP contribution in [0.3, 0.4) is 0 Å². The molecule has 1 unspecified atom stereocenters. The summed E-state index contributed by atoms with van der Waals surface area (Å²) in [6.45, 7) is 2.01. The van der Waals surface area contributed by atoms with E-state index >= 15 is 0 Å². The number of aromatic nitrogens is 3. The Bertz CT molecular complexity index is 532. The molecule has 0 bridgehead atoms. The molecule has 2 heterocycles. The molecule has 1 atom stereocenters. The van der Waals surface area contributed by atoms with Gasteiger partial charge in [-0.2, -0.15) is 4.98 Å². The van der Waals surface area contributed by atoms with Gasteiger partial charge in [0.1, 0.15) is 5.69 Å². The van der Waals surface area contributed by atoms with E-state index < -0.39 is 0 Å². The van der Waals surface area contributed by atoms with Gasteiger partial charge < -0.3 is 4.52 Å². The molecule has 4 nitrogen and oxygen atoms in total. The Morgan fingerprint density at radius 1 is 1.47 bits per heavy atom. The van der Waals surface area contributed by atoms with Gasteiger partial charge in [0.2, 0.25) is 11.7 Å².